The van der Waals surface area contributed by atoms with Crippen molar-refractivity contribution in [2.75, 3.05) is 0 Å². The van der Waals surface area contributed by atoms with E-state index in [1.807, 2.05) is 30.6 Å². The van der Waals surface area contributed by atoms with Crippen molar-refractivity contribution in [2.24, 2.45) is 5.92 Å². The maximum atomic E-state index is 4.50. The molecule has 0 radical (unpaired) electrons. The van der Waals surface area contributed by atoms with Gasteiger partial charge in [0, 0.05) is 24.6 Å². The first-order valence-electron chi connectivity index (χ1n) is 5.80. The molecule has 1 unspecified atom stereocenters. The molecule has 2 aromatic heterocycles. The molecule has 0 amide bonds. The lowest BCUT2D eigenvalue weighted by Crippen LogP contribution is -2.18. The van der Waals surface area contributed by atoms with Crippen LogP contribution >= 0.6 is 0 Å². The summed E-state index contributed by atoms with van der Waals surface area (Å²) in [7, 11) is 0. The van der Waals surface area contributed by atoms with Crippen LogP contribution in [0.3, 0.4) is 0 Å². The Kier molecular flexibility index (Phi) is 2.24. The van der Waals surface area contributed by atoms with E-state index in [2.05, 4.69) is 21.5 Å². The molecule has 3 nitrogen and oxygen atoms in total. The fourth-order valence-electron chi connectivity index (χ4n) is 2.31. The third kappa shape index (κ3) is 1.52. The zero-order valence-electron chi connectivity index (χ0n) is 9.43. The highest BCUT2D eigenvalue weighted by atomic mass is 15.1. The van der Waals surface area contributed by atoms with Gasteiger partial charge in [-0.2, -0.15) is 0 Å². The van der Waals surface area contributed by atoms with Crippen LogP contribution in [0.1, 0.15) is 19.0 Å². The quantitative estimate of drug-likeness (QED) is 0.728. The van der Waals surface area contributed by atoms with Gasteiger partial charge in [0.2, 0.25) is 0 Å². The number of hydrogen-bond acceptors (Lipinski definition) is 2. The molecule has 16 heavy (non-hydrogen) atoms. The average molecular weight is 213 g/mol. The molecule has 1 aliphatic rings. The fraction of sp³-hybridized carbons (Fsp3) is 0.385. The molecular weight excluding hydrogens is 198 g/mol. The molecule has 3 heterocycles. The van der Waals surface area contributed by atoms with Crippen molar-refractivity contribution in [3.8, 4) is 11.5 Å². The van der Waals surface area contributed by atoms with Gasteiger partial charge in [-0.05, 0) is 30.9 Å². The van der Waals surface area contributed by atoms with E-state index in [9.17, 15) is 0 Å². The van der Waals surface area contributed by atoms with Crippen LogP contribution in [0.2, 0.25) is 0 Å². The summed E-state index contributed by atoms with van der Waals surface area (Å²) in [5, 5.41) is 0. The molecule has 3 rings (SSSR count). The van der Waals surface area contributed by atoms with Crippen LogP contribution in [-0.4, -0.2) is 14.5 Å². The van der Waals surface area contributed by atoms with Gasteiger partial charge in [0.1, 0.15) is 5.69 Å². The van der Waals surface area contributed by atoms with E-state index >= 15 is 0 Å². The predicted octanol–water partition coefficient (Wildman–Crippen LogP) is 2.53. The molecule has 0 N–H and O–H groups in total. The first-order valence-corrected chi connectivity index (χ1v) is 5.80. The summed E-state index contributed by atoms with van der Waals surface area (Å²) >= 11 is 0. The molecule has 0 spiro atoms. The maximum Gasteiger partial charge on any atom is 0.158 e. The molecule has 2 aromatic rings. The second-order valence-corrected chi connectivity index (χ2v) is 4.54. The van der Waals surface area contributed by atoms with Crippen molar-refractivity contribution in [2.45, 2.75) is 26.3 Å². The zero-order chi connectivity index (χ0) is 11.0. The molecule has 0 aromatic carbocycles. The van der Waals surface area contributed by atoms with E-state index < -0.39 is 0 Å². The van der Waals surface area contributed by atoms with Gasteiger partial charge in [0.05, 0.1) is 0 Å². The van der Waals surface area contributed by atoms with E-state index in [-0.39, 0.29) is 0 Å². The molecule has 0 saturated heterocycles. The fourth-order valence-corrected chi connectivity index (χ4v) is 2.31. The number of rotatable bonds is 1. The molecule has 3 heteroatoms. The van der Waals surface area contributed by atoms with Gasteiger partial charge in [0.15, 0.2) is 5.82 Å². The Morgan fingerprint density at radius 2 is 2.25 bits per heavy atom. The van der Waals surface area contributed by atoms with Crippen molar-refractivity contribution >= 4 is 0 Å². The lowest BCUT2D eigenvalue weighted by Gasteiger charge is -2.22. The Morgan fingerprint density at radius 3 is 3.06 bits per heavy atom. The van der Waals surface area contributed by atoms with Crippen LogP contribution in [0.15, 0.2) is 30.6 Å². The van der Waals surface area contributed by atoms with Crippen molar-refractivity contribution in [1.29, 1.82) is 0 Å². The highest BCUT2D eigenvalue weighted by Crippen LogP contribution is 2.25. The Labute approximate surface area is 95.2 Å². The minimum atomic E-state index is 0.740. The number of fused-ring (bicyclic) bond motifs is 1. The Hall–Kier alpha value is -1.64. The van der Waals surface area contributed by atoms with Gasteiger partial charge in [-0.15, -0.1) is 0 Å². The van der Waals surface area contributed by atoms with Crippen LogP contribution in [0, 0.1) is 5.92 Å². The number of pyridine rings is 1. The number of imidazole rings is 1. The van der Waals surface area contributed by atoms with Crippen molar-refractivity contribution in [1.82, 2.24) is 14.5 Å². The van der Waals surface area contributed by atoms with Gasteiger partial charge < -0.3 is 4.57 Å². The predicted molar refractivity (Wildman–Crippen MR) is 62.9 cm³/mol. The topological polar surface area (TPSA) is 30.7 Å². The van der Waals surface area contributed by atoms with Gasteiger partial charge >= 0.3 is 0 Å². The van der Waals surface area contributed by atoms with Gasteiger partial charge in [-0.25, -0.2) is 4.98 Å². The lowest BCUT2D eigenvalue weighted by atomic mass is 10.0. The smallest absolute Gasteiger partial charge is 0.158 e. The largest absolute Gasteiger partial charge is 0.327 e. The minimum absolute atomic E-state index is 0.740. The van der Waals surface area contributed by atoms with Crippen molar-refractivity contribution < 1.29 is 0 Å². The highest BCUT2D eigenvalue weighted by Gasteiger charge is 2.19. The lowest BCUT2D eigenvalue weighted by molar-refractivity contribution is 0.402. The zero-order valence-corrected chi connectivity index (χ0v) is 9.43. The molecule has 0 saturated carbocycles. The Morgan fingerprint density at radius 1 is 1.31 bits per heavy atom. The SMILES string of the molecule is CC1CCc2cnc(-c3ccccn3)n2C1. The number of nitrogens with zero attached hydrogens (tertiary/aromatic N) is 3. The second-order valence-electron chi connectivity index (χ2n) is 4.54. The third-order valence-electron chi connectivity index (χ3n) is 3.22. The second kappa shape index (κ2) is 3.74. The first kappa shape index (κ1) is 9.58. The summed E-state index contributed by atoms with van der Waals surface area (Å²) in [5.41, 5.74) is 2.32. The average Bonchev–Trinajstić information content (AvgIpc) is 2.73. The number of aryl methyl sites for hydroxylation is 1. The normalized spacial score (nSPS) is 19.4. The minimum Gasteiger partial charge on any atom is -0.327 e. The van der Waals surface area contributed by atoms with E-state index in [1.54, 1.807) is 0 Å². The van der Waals surface area contributed by atoms with E-state index in [0.29, 0.717) is 0 Å². The monoisotopic (exact) mass is 213 g/mol. The molecule has 0 fully saturated rings. The number of aromatic nitrogens is 3. The van der Waals surface area contributed by atoms with E-state index in [0.717, 1.165) is 30.4 Å². The van der Waals surface area contributed by atoms with Crippen molar-refractivity contribution in [3.05, 3.63) is 36.3 Å². The summed E-state index contributed by atoms with van der Waals surface area (Å²) in [6.45, 7) is 3.37. The Bertz CT molecular complexity index is 487. The summed E-state index contributed by atoms with van der Waals surface area (Å²) in [4.78, 5) is 8.87. The molecule has 0 bridgehead atoms. The highest BCUT2D eigenvalue weighted by molar-refractivity contribution is 5.50. The third-order valence-corrected chi connectivity index (χ3v) is 3.22. The standard InChI is InChI=1S/C13H15N3/c1-10-5-6-11-8-15-13(16(11)9-10)12-4-2-3-7-14-12/h2-4,7-8,10H,5-6,9H2,1H3. The van der Waals surface area contributed by atoms with Gasteiger partial charge in [0.25, 0.3) is 0 Å². The molecular formula is C13H15N3. The maximum absolute atomic E-state index is 4.50. The summed E-state index contributed by atoms with van der Waals surface area (Å²) in [5.74, 6) is 1.76. The van der Waals surface area contributed by atoms with Crippen molar-refractivity contribution in [3.63, 3.8) is 0 Å². The first-order chi connectivity index (χ1) is 7.84. The van der Waals surface area contributed by atoms with Crippen LogP contribution in [-0.2, 0) is 13.0 Å². The van der Waals surface area contributed by atoms with Crippen LogP contribution < -0.4 is 0 Å². The summed E-state index contributed by atoms with van der Waals surface area (Å²) in [6, 6.07) is 5.97. The number of hydrogen-bond donors (Lipinski definition) is 0. The Balaban J connectivity index is 2.07. The van der Waals surface area contributed by atoms with Crippen LogP contribution in [0.4, 0.5) is 0 Å². The summed E-state index contributed by atoms with van der Waals surface area (Å²) < 4.78 is 2.32. The molecule has 1 aliphatic heterocycles. The molecule has 82 valence electrons. The van der Waals surface area contributed by atoms with E-state index in [4.69, 9.17) is 0 Å². The summed E-state index contributed by atoms with van der Waals surface area (Å²) in [6.07, 6.45) is 6.23. The van der Waals surface area contributed by atoms with Crippen LogP contribution in [0.5, 0.6) is 0 Å². The van der Waals surface area contributed by atoms with Gasteiger partial charge in [-0.3, -0.25) is 4.98 Å². The molecule has 1 atom stereocenters. The molecule has 0 aliphatic carbocycles. The van der Waals surface area contributed by atoms with Gasteiger partial charge in [-0.1, -0.05) is 13.0 Å². The van der Waals surface area contributed by atoms with Crippen LogP contribution in [0.25, 0.3) is 11.5 Å². The van der Waals surface area contributed by atoms with E-state index in [1.165, 1.54) is 12.1 Å².